The molecule has 0 spiro atoms. The van der Waals surface area contributed by atoms with E-state index in [1.165, 1.54) is 22.6 Å². The molecule has 70 valence electrons. The first kappa shape index (κ1) is 10.2. The van der Waals surface area contributed by atoms with Gasteiger partial charge in [0, 0.05) is 0 Å². The molecule has 0 unspecified atom stereocenters. The van der Waals surface area contributed by atoms with Crippen molar-refractivity contribution in [2.24, 2.45) is 0 Å². The Hall–Kier alpha value is -0.920. The lowest BCUT2D eigenvalue weighted by Crippen LogP contribution is -2.04. The molecule has 0 atom stereocenters. The third-order valence-electron chi connectivity index (χ3n) is 1.36. The average Bonchev–Trinajstić information content (AvgIpc) is 2.01. The van der Waals surface area contributed by atoms with Crippen molar-refractivity contribution in [1.82, 2.24) is 0 Å². The third-order valence-corrected chi connectivity index (χ3v) is 2.18. The van der Waals surface area contributed by atoms with Crippen LogP contribution in [0.3, 0.4) is 0 Å². The highest BCUT2D eigenvalue weighted by molar-refractivity contribution is 14.1. The van der Waals surface area contributed by atoms with E-state index in [0.29, 0.717) is 0 Å². The minimum Gasteiger partial charge on any atom is -0.506 e. The van der Waals surface area contributed by atoms with Gasteiger partial charge in [0.1, 0.15) is 11.3 Å². The summed E-state index contributed by atoms with van der Waals surface area (Å²) in [5, 5.41) is 17.5. The number of carboxylic acid groups (broad SMARTS) is 1. The highest BCUT2D eigenvalue weighted by Gasteiger charge is 2.22. The van der Waals surface area contributed by atoms with Crippen LogP contribution in [0.4, 0.5) is 8.78 Å². The fourth-order valence-electron chi connectivity index (χ4n) is 0.781. The quantitative estimate of drug-likeness (QED) is 0.616. The molecule has 0 heterocycles. The van der Waals surface area contributed by atoms with Crippen molar-refractivity contribution in [1.29, 1.82) is 0 Å². The van der Waals surface area contributed by atoms with Gasteiger partial charge in [-0.05, 0) is 28.7 Å². The number of phenols is 1. The Labute approximate surface area is 85.1 Å². The first-order valence-electron chi connectivity index (χ1n) is 3.05. The summed E-state index contributed by atoms with van der Waals surface area (Å²) in [5.74, 6) is -5.30. The van der Waals surface area contributed by atoms with Crippen LogP contribution in [0, 0.1) is 15.2 Å². The minimum atomic E-state index is -1.70. The molecule has 0 aliphatic heterocycles. The second-order valence-electron chi connectivity index (χ2n) is 2.18. The van der Waals surface area contributed by atoms with Crippen molar-refractivity contribution in [3.05, 3.63) is 26.8 Å². The summed E-state index contributed by atoms with van der Waals surface area (Å²) in [6, 6.07) is 0.720. The van der Waals surface area contributed by atoms with Crippen molar-refractivity contribution >= 4 is 28.6 Å². The van der Waals surface area contributed by atoms with Crippen LogP contribution in [0.25, 0.3) is 0 Å². The van der Waals surface area contributed by atoms with Crippen molar-refractivity contribution in [2.75, 3.05) is 0 Å². The molecule has 0 saturated carbocycles. The highest BCUT2D eigenvalue weighted by atomic mass is 127. The Morgan fingerprint density at radius 1 is 1.46 bits per heavy atom. The zero-order valence-electron chi connectivity index (χ0n) is 6.01. The monoisotopic (exact) mass is 300 g/mol. The lowest BCUT2D eigenvalue weighted by atomic mass is 10.2. The Kier molecular flexibility index (Phi) is 2.69. The topological polar surface area (TPSA) is 57.5 Å². The summed E-state index contributed by atoms with van der Waals surface area (Å²) in [5.41, 5.74) is -1.04. The Balaban J connectivity index is 3.56. The molecule has 0 bridgehead atoms. The van der Waals surface area contributed by atoms with Crippen molar-refractivity contribution in [3.8, 4) is 5.75 Å². The van der Waals surface area contributed by atoms with E-state index in [9.17, 15) is 13.6 Å². The zero-order chi connectivity index (χ0) is 10.2. The number of aromatic carboxylic acids is 1. The molecular weight excluding hydrogens is 297 g/mol. The third kappa shape index (κ3) is 1.71. The van der Waals surface area contributed by atoms with Gasteiger partial charge in [-0.3, -0.25) is 0 Å². The number of halogens is 3. The fraction of sp³-hybridized carbons (Fsp3) is 0. The van der Waals surface area contributed by atoms with Crippen LogP contribution >= 0.6 is 22.6 Å². The summed E-state index contributed by atoms with van der Waals surface area (Å²) < 4.78 is 25.4. The summed E-state index contributed by atoms with van der Waals surface area (Å²) in [7, 11) is 0. The molecule has 1 rings (SSSR count). The smallest absolute Gasteiger partial charge is 0.342 e. The maximum Gasteiger partial charge on any atom is 0.342 e. The van der Waals surface area contributed by atoms with E-state index < -0.39 is 28.9 Å². The predicted octanol–water partition coefficient (Wildman–Crippen LogP) is 1.97. The first-order chi connectivity index (χ1) is 5.95. The molecule has 6 heteroatoms. The summed E-state index contributed by atoms with van der Waals surface area (Å²) in [6.07, 6.45) is 0. The van der Waals surface area contributed by atoms with Gasteiger partial charge in [0.25, 0.3) is 0 Å². The van der Waals surface area contributed by atoms with Crippen LogP contribution in [0.5, 0.6) is 5.75 Å². The molecule has 1 aromatic rings. The van der Waals surface area contributed by atoms with Crippen LogP contribution < -0.4 is 0 Å². The lowest BCUT2D eigenvalue weighted by molar-refractivity contribution is 0.0687. The van der Waals surface area contributed by atoms with Gasteiger partial charge in [-0.15, -0.1) is 0 Å². The number of aromatic hydroxyl groups is 1. The van der Waals surface area contributed by atoms with Crippen molar-refractivity contribution in [3.63, 3.8) is 0 Å². The molecule has 3 nitrogen and oxygen atoms in total. The Morgan fingerprint density at radius 3 is 2.46 bits per heavy atom. The molecule has 0 aliphatic carbocycles. The normalized spacial score (nSPS) is 10.1. The SMILES string of the molecule is O=C(O)c1c(O)c(I)cc(F)c1F. The number of benzene rings is 1. The van der Waals surface area contributed by atoms with Gasteiger partial charge in [0.15, 0.2) is 11.6 Å². The van der Waals surface area contributed by atoms with Crippen LogP contribution in [0.1, 0.15) is 10.4 Å². The molecule has 2 N–H and O–H groups in total. The summed E-state index contributed by atoms with van der Waals surface area (Å²) in [6.45, 7) is 0. The first-order valence-corrected chi connectivity index (χ1v) is 4.12. The lowest BCUT2D eigenvalue weighted by Gasteiger charge is -2.03. The van der Waals surface area contributed by atoms with Crippen molar-refractivity contribution in [2.45, 2.75) is 0 Å². The number of hydrogen-bond acceptors (Lipinski definition) is 2. The predicted molar refractivity (Wildman–Crippen MR) is 47.7 cm³/mol. The van der Waals surface area contributed by atoms with Gasteiger partial charge in [-0.2, -0.15) is 0 Å². The van der Waals surface area contributed by atoms with Crippen LogP contribution in [0.15, 0.2) is 6.07 Å². The minimum absolute atomic E-state index is 0.0473. The molecule has 0 aromatic heterocycles. The number of hydrogen-bond donors (Lipinski definition) is 2. The standard InChI is InChI=1S/C7H3F2IO3/c8-2-1-3(10)6(11)4(5(2)9)7(12)13/h1,11H,(H,12,13). The van der Waals surface area contributed by atoms with Crippen molar-refractivity contribution < 1.29 is 23.8 Å². The van der Waals surface area contributed by atoms with E-state index in [2.05, 4.69) is 0 Å². The highest BCUT2D eigenvalue weighted by Crippen LogP contribution is 2.28. The molecule has 0 amide bonds. The van der Waals surface area contributed by atoms with E-state index in [4.69, 9.17) is 10.2 Å². The van der Waals surface area contributed by atoms with Gasteiger partial charge >= 0.3 is 5.97 Å². The fourth-order valence-corrected chi connectivity index (χ4v) is 1.32. The van der Waals surface area contributed by atoms with Crippen LogP contribution in [-0.4, -0.2) is 16.2 Å². The van der Waals surface area contributed by atoms with E-state index in [1.807, 2.05) is 0 Å². The molecule has 0 radical (unpaired) electrons. The molecule has 1 aromatic carbocycles. The largest absolute Gasteiger partial charge is 0.506 e. The summed E-state index contributed by atoms with van der Waals surface area (Å²) >= 11 is 1.51. The van der Waals surface area contributed by atoms with E-state index >= 15 is 0 Å². The van der Waals surface area contributed by atoms with E-state index in [-0.39, 0.29) is 3.57 Å². The van der Waals surface area contributed by atoms with Crippen LogP contribution in [0.2, 0.25) is 0 Å². The van der Waals surface area contributed by atoms with Gasteiger partial charge in [0.2, 0.25) is 0 Å². The molecule has 13 heavy (non-hydrogen) atoms. The second kappa shape index (κ2) is 3.44. The van der Waals surface area contributed by atoms with Gasteiger partial charge < -0.3 is 10.2 Å². The second-order valence-corrected chi connectivity index (χ2v) is 3.35. The Bertz CT molecular complexity index is 352. The maximum absolute atomic E-state index is 12.8. The van der Waals surface area contributed by atoms with E-state index in [1.54, 1.807) is 0 Å². The average molecular weight is 300 g/mol. The zero-order valence-corrected chi connectivity index (χ0v) is 8.17. The van der Waals surface area contributed by atoms with E-state index in [0.717, 1.165) is 6.07 Å². The van der Waals surface area contributed by atoms with Gasteiger partial charge in [0.05, 0.1) is 3.57 Å². The molecule has 0 aliphatic rings. The van der Waals surface area contributed by atoms with Crippen LogP contribution in [-0.2, 0) is 0 Å². The summed E-state index contributed by atoms with van der Waals surface area (Å²) in [4.78, 5) is 10.4. The Morgan fingerprint density at radius 2 is 2.00 bits per heavy atom. The van der Waals surface area contributed by atoms with Gasteiger partial charge in [-0.1, -0.05) is 0 Å². The van der Waals surface area contributed by atoms with Gasteiger partial charge in [-0.25, -0.2) is 13.6 Å². The molecular formula is C7H3F2IO3. The number of rotatable bonds is 1. The molecule has 0 saturated heterocycles. The number of carboxylic acids is 1. The molecule has 0 fully saturated rings. The maximum atomic E-state index is 12.8. The number of carbonyl (C=O) groups is 1.